The highest BCUT2D eigenvalue weighted by molar-refractivity contribution is 5.94. The molecule has 4 aromatic rings. The molecule has 0 aliphatic rings. The Morgan fingerprint density at radius 2 is 1.71 bits per heavy atom. The number of benzene rings is 2. The fourth-order valence-corrected chi connectivity index (χ4v) is 2.75. The Morgan fingerprint density at radius 3 is 2.54 bits per heavy atom. The highest BCUT2D eigenvalue weighted by Gasteiger charge is 2.09. The van der Waals surface area contributed by atoms with Crippen LogP contribution in [0, 0.1) is 5.82 Å². The lowest BCUT2D eigenvalue weighted by atomic mass is 10.2. The number of carbonyl (C=O) groups excluding carboxylic acids is 1. The summed E-state index contributed by atoms with van der Waals surface area (Å²) in [5, 5.41) is 6.77. The van der Waals surface area contributed by atoms with Gasteiger partial charge in [0.2, 0.25) is 5.95 Å². The number of halogens is 1. The molecule has 4 rings (SSSR count). The number of carbonyl (C=O) groups is 1. The first-order valence-electron chi connectivity index (χ1n) is 8.65. The van der Waals surface area contributed by atoms with Gasteiger partial charge in [0.1, 0.15) is 5.82 Å². The molecule has 6 nitrogen and oxygen atoms in total. The first-order chi connectivity index (χ1) is 13.7. The van der Waals surface area contributed by atoms with Crippen LogP contribution < -0.4 is 10.6 Å². The van der Waals surface area contributed by atoms with Crippen LogP contribution in [-0.4, -0.2) is 20.9 Å². The molecule has 0 atom stereocenters. The Hall–Kier alpha value is -3.87. The molecule has 0 spiro atoms. The zero-order valence-corrected chi connectivity index (χ0v) is 14.8. The molecule has 2 N–H and O–H groups in total. The van der Waals surface area contributed by atoms with Gasteiger partial charge in [-0.1, -0.05) is 36.4 Å². The number of nitrogens with one attached hydrogen (secondary N) is 2. The SMILES string of the molecule is O=C(NCc1ccccc1F)c1cnc(Nc2cccc3cccnc23)nc1. The molecular weight excluding hydrogens is 357 g/mol. The smallest absolute Gasteiger partial charge is 0.254 e. The second kappa shape index (κ2) is 7.79. The van der Waals surface area contributed by atoms with Gasteiger partial charge in [0.25, 0.3) is 5.91 Å². The largest absolute Gasteiger partial charge is 0.348 e. The zero-order valence-electron chi connectivity index (χ0n) is 14.8. The lowest BCUT2D eigenvalue weighted by Crippen LogP contribution is -2.23. The van der Waals surface area contributed by atoms with Gasteiger partial charge in [0.15, 0.2) is 0 Å². The summed E-state index contributed by atoms with van der Waals surface area (Å²) in [5.41, 5.74) is 2.28. The standard InChI is InChI=1S/C21H16FN5O/c22-17-8-2-1-5-15(17)11-24-20(28)16-12-25-21(26-13-16)27-18-9-3-6-14-7-4-10-23-19(14)18/h1-10,12-13H,11H2,(H,24,28)(H,25,26,27). The van der Waals surface area contributed by atoms with E-state index in [-0.39, 0.29) is 23.8 Å². The van der Waals surface area contributed by atoms with E-state index in [0.29, 0.717) is 11.5 Å². The maximum absolute atomic E-state index is 13.6. The molecule has 2 aromatic carbocycles. The number of nitrogens with zero attached hydrogens (tertiary/aromatic N) is 3. The van der Waals surface area contributed by atoms with E-state index in [9.17, 15) is 9.18 Å². The first-order valence-corrected chi connectivity index (χ1v) is 8.65. The Morgan fingerprint density at radius 1 is 0.929 bits per heavy atom. The third-order valence-corrected chi connectivity index (χ3v) is 4.19. The van der Waals surface area contributed by atoms with E-state index in [2.05, 4.69) is 25.6 Å². The van der Waals surface area contributed by atoms with Crippen LogP contribution >= 0.6 is 0 Å². The number of hydrogen-bond acceptors (Lipinski definition) is 5. The molecule has 7 heteroatoms. The van der Waals surface area contributed by atoms with Crippen LogP contribution in [0.2, 0.25) is 0 Å². The number of para-hydroxylation sites is 1. The van der Waals surface area contributed by atoms with Gasteiger partial charge in [-0.15, -0.1) is 0 Å². The van der Waals surface area contributed by atoms with Crippen LogP contribution in [0.5, 0.6) is 0 Å². The molecule has 0 saturated carbocycles. The molecule has 2 heterocycles. The Labute approximate surface area is 160 Å². The van der Waals surface area contributed by atoms with Crippen LogP contribution in [0.25, 0.3) is 10.9 Å². The van der Waals surface area contributed by atoms with Crippen molar-refractivity contribution in [2.45, 2.75) is 6.54 Å². The van der Waals surface area contributed by atoms with Gasteiger partial charge in [0.05, 0.1) is 16.8 Å². The van der Waals surface area contributed by atoms with Gasteiger partial charge >= 0.3 is 0 Å². The maximum Gasteiger partial charge on any atom is 0.254 e. The topological polar surface area (TPSA) is 79.8 Å². The first kappa shape index (κ1) is 17.5. The number of hydrogen-bond donors (Lipinski definition) is 2. The summed E-state index contributed by atoms with van der Waals surface area (Å²) in [6, 6.07) is 15.9. The van der Waals surface area contributed by atoms with Gasteiger partial charge in [-0.2, -0.15) is 0 Å². The monoisotopic (exact) mass is 373 g/mol. The van der Waals surface area contributed by atoms with Gasteiger partial charge in [-0.05, 0) is 18.2 Å². The third-order valence-electron chi connectivity index (χ3n) is 4.19. The number of pyridine rings is 1. The molecule has 28 heavy (non-hydrogen) atoms. The molecule has 0 unspecified atom stereocenters. The summed E-state index contributed by atoms with van der Waals surface area (Å²) in [6.07, 6.45) is 4.56. The Kier molecular flexibility index (Phi) is 4.88. The number of rotatable bonds is 5. The van der Waals surface area contributed by atoms with E-state index < -0.39 is 0 Å². The third kappa shape index (κ3) is 3.78. The van der Waals surface area contributed by atoms with Crippen molar-refractivity contribution in [1.29, 1.82) is 0 Å². The van der Waals surface area contributed by atoms with E-state index in [1.165, 1.54) is 18.5 Å². The second-order valence-electron chi connectivity index (χ2n) is 6.08. The van der Waals surface area contributed by atoms with Crippen LogP contribution in [0.4, 0.5) is 16.0 Å². The lowest BCUT2D eigenvalue weighted by Gasteiger charge is -2.09. The minimum absolute atomic E-state index is 0.0905. The predicted molar refractivity (Wildman–Crippen MR) is 105 cm³/mol. The van der Waals surface area contributed by atoms with Crippen molar-refractivity contribution >= 4 is 28.4 Å². The minimum atomic E-state index is -0.373. The summed E-state index contributed by atoms with van der Waals surface area (Å²) in [5.74, 6) is -0.382. The van der Waals surface area contributed by atoms with Crippen LogP contribution in [0.15, 0.2) is 73.2 Å². The van der Waals surface area contributed by atoms with Crippen molar-refractivity contribution in [2.24, 2.45) is 0 Å². The van der Waals surface area contributed by atoms with Gasteiger partial charge in [0, 0.05) is 36.1 Å². The van der Waals surface area contributed by atoms with Crippen molar-refractivity contribution in [3.8, 4) is 0 Å². The summed E-state index contributed by atoms with van der Waals surface area (Å²) in [6.45, 7) is 0.0905. The van der Waals surface area contributed by atoms with Gasteiger partial charge in [-0.3, -0.25) is 9.78 Å². The molecular formula is C21H16FN5O. The molecule has 0 aliphatic carbocycles. The quantitative estimate of drug-likeness (QED) is 0.556. The van der Waals surface area contributed by atoms with E-state index in [1.807, 2.05) is 30.3 Å². The number of amides is 1. The lowest BCUT2D eigenvalue weighted by molar-refractivity contribution is 0.0950. The maximum atomic E-state index is 13.6. The molecule has 0 fully saturated rings. The molecule has 0 aliphatic heterocycles. The van der Waals surface area contributed by atoms with Crippen molar-refractivity contribution in [2.75, 3.05) is 5.32 Å². The highest BCUT2D eigenvalue weighted by Crippen LogP contribution is 2.22. The Bertz CT molecular complexity index is 1130. The normalized spacial score (nSPS) is 10.6. The molecule has 0 bridgehead atoms. The second-order valence-corrected chi connectivity index (χ2v) is 6.08. The predicted octanol–water partition coefficient (Wildman–Crippen LogP) is 3.84. The minimum Gasteiger partial charge on any atom is -0.348 e. The van der Waals surface area contributed by atoms with Crippen molar-refractivity contribution < 1.29 is 9.18 Å². The molecule has 0 saturated heterocycles. The summed E-state index contributed by atoms with van der Waals surface area (Å²) < 4.78 is 13.6. The van der Waals surface area contributed by atoms with Gasteiger partial charge < -0.3 is 10.6 Å². The zero-order chi connectivity index (χ0) is 19.3. The number of fused-ring (bicyclic) bond motifs is 1. The van der Waals surface area contributed by atoms with Crippen LogP contribution in [-0.2, 0) is 6.54 Å². The highest BCUT2D eigenvalue weighted by atomic mass is 19.1. The number of aromatic nitrogens is 3. The summed E-state index contributed by atoms with van der Waals surface area (Å²) in [7, 11) is 0. The van der Waals surface area contributed by atoms with E-state index in [0.717, 1.165) is 16.6 Å². The number of anilines is 2. The Balaban J connectivity index is 1.45. The summed E-state index contributed by atoms with van der Waals surface area (Å²) in [4.78, 5) is 25.0. The fraction of sp³-hybridized carbons (Fsp3) is 0.0476. The van der Waals surface area contributed by atoms with Crippen molar-refractivity contribution in [1.82, 2.24) is 20.3 Å². The molecule has 1 amide bonds. The fourth-order valence-electron chi connectivity index (χ4n) is 2.75. The van der Waals surface area contributed by atoms with Gasteiger partial charge in [-0.25, -0.2) is 14.4 Å². The summed E-state index contributed by atoms with van der Waals surface area (Å²) >= 11 is 0. The van der Waals surface area contributed by atoms with E-state index in [1.54, 1.807) is 24.4 Å². The van der Waals surface area contributed by atoms with Crippen LogP contribution in [0.1, 0.15) is 15.9 Å². The molecule has 0 radical (unpaired) electrons. The van der Waals surface area contributed by atoms with Crippen LogP contribution in [0.3, 0.4) is 0 Å². The average molecular weight is 373 g/mol. The van der Waals surface area contributed by atoms with Crippen molar-refractivity contribution in [3.63, 3.8) is 0 Å². The molecule has 138 valence electrons. The molecule has 2 aromatic heterocycles. The van der Waals surface area contributed by atoms with E-state index in [4.69, 9.17) is 0 Å². The van der Waals surface area contributed by atoms with Crippen molar-refractivity contribution in [3.05, 3.63) is 90.1 Å². The average Bonchev–Trinajstić information content (AvgIpc) is 2.74. The van der Waals surface area contributed by atoms with E-state index >= 15 is 0 Å².